The highest BCUT2D eigenvalue weighted by atomic mass is 16.5. The Morgan fingerprint density at radius 3 is 2.59 bits per heavy atom. The minimum atomic E-state index is 0.462. The summed E-state index contributed by atoms with van der Waals surface area (Å²) in [4.78, 5) is 0. The Morgan fingerprint density at radius 2 is 2.00 bits per heavy atom. The van der Waals surface area contributed by atoms with Crippen LogP contribution in [0.2, 0.25) is 0 Å². The molecule has 1 saturated heterocycles. The molecule has 100 valence electrons. The molecule has 1 unspecified atom stereocenters. The van der Waals surface area contributed by atoms with Gasteiger partial charge in [0.1, 0.15) is 0 Å². The maximum Gasteiger partial charge on any atom is 0.0537 e. The highest BCUT2D eigenvalue weighted by Gasteiger charge is 2.41. The van der Waals surface area contributed by atoms with E-state index in [0.29, 0.717) is 5.41 Å². The summed E-state index contributed by atoms with van der Waals surface area (Å²) in [6.07, 6.45) is 8.40. The minimum absolute atomic E-state index is 0.462. The number of hydrogen-bond donors (Lipinski definition) is 1. The molecule has 0 spiro atoms. The van der Waals surface area contributed by atoms with Gasteiger partial charge in [0.05, 0.1) is 6.61 Å². The van der Waals surface area contributed by atoms with Crippen LogP contribution in [-0.4, -0.2) is 26.3 Å². The Balaban J connectivity index is 1.91. The fourth-order valence-corrected chi connectivity index (χ4v) is 3.63. The van der Waals surface area contributed by atoms with Crippen LogP contribution >= 0.6 is 0 Å². The number of hydrogen-bond acceptors (Lipinski definition) is 2. The molecule has 1 aliphatic carbocycles. The molecule has 2 aliphatic rings. The SMILES string of the molecule is CC(C)CNCC1(C2CCCC2)CCCOC1. The largest absolute Gasteiger partial charge is 0.381 e. The predicted molar refractivity (Wildman–Crippen MR) is 72.2 cm³/mol. The second kappa shape index (κ2) is 6.19. The van der Waals surface area contributed by atoms with E-state index in [1.807, 2.05) is 0 Å². The molecular weight excluding hydrogens is 210 g/mol. The Bertz CT molecular complexity index is 215. The first-order valence-electron chi connectivity index (χ1n) is 7.51. The molecule has 2 rings (SSSR count). The molecule has 2 nitrogen and oxygen atoms in total. The third-order valence-corrected chi connectivity index (χ3v) is 4.60. The number of nitrogens with one attached hydrogen (secondary N) is 1. The van der Waals surface area contributed by atoms with Crippen LogP contribution in [0.4, 0.5) is 0 Å². The van der Waals surface area contributed by atoms with Gasteiger partial charge in [0.25, 0.3) is 0 Å². The van der Waals surface area contributed by atoms with Crippen molar-refractivity contribution in [2.75, 3.05) is 26.3 Å². The highest BCUT2D eigenvalue weighted by molar-refractivity contribution is 4.92. The van der Waals surface area contributed by atoms with Crippen molar-refractivity contribution >= 4 is 0 Å². The third-order valence-electron chi connectivity index (χ3n) is 4.60. The summed E-state index contributed by atoms with van der Waals surface area (Å²) in [5.41, 5.74) is 0.462. The van der Waals surface area contributed by atoms with Crippen molar-refractivity contribution in [2.24, 2.45) is 17.3 Å². The third kappa shape index (κ3) is 3.45. The summed E-state index contributed by atoms with van der Waals surface area (Å²) in [5, 5.41) is 3.69. The van der Waals surface area contributed by atoms with E-state index in [1.165, 1.54) is 45.1 Å². The Hall–Kier alpha value is -0.0800. The summed E-state index contributed by atoms with van der Waals surface area (Å²) < 4.78 is 5.82. The van der Waals surface area contributed by atoms with Crippen molar-refractivity contribution in [3.8, 4) is 0 Å². The van der Waals surface area contributed by atoms with Gasteiger partial charge in [-0.25, -0.2) is 0 Å². The lowest BCUT2D eigenvalue weighted by Gasteiger charge is -2.42. The molecule has 0 bridgehead atoms. The van der Waals surface area contributed by atoms with Crippen LogP contribution in [0.5, 0.6) is 0 Å². The van der Waals surface area contributed by atoms with Gasteiger partial charge in [0, 0.05) is 18.6 Å². The van der Waals surface area contributed by atoms with Crippen LogP contribution in [0.25, 0.3) is 0 Å². The number of ether oxygens (including phenoxy) is 1. The van der Waals surface area contributed by atoms with Gasteiger partial charge in [-0.2, -0.15) is 0 Å². The average molecular weight is 239 g/mol. The lowest BCUT2D eigenvalue weighted by Crippen LogP contribution is -2.46. The van der Waals surface area contributed by atoms with E-state index >= 15 is 0 Å². The molecular formula is C15H29NO. The van der Waals surface area contributed by atoms with E-state index in [9.17, 15) is 0 Å². The maximum absolute atomic E-state index is 5.82. The highest BCUT2D eigenvalue weighted by Crippen LogP contribution is 2.44. The predicted octanol–water partition coefficient (Wildman–Crippen LogP) is 3.22. The lowest BCUT2D eigenvalue weighted by molar-refractivity contribution is -0.0406. The first kappa shape index (κ1) is 13.4. The molecule has 2 fully saturated rings. The van der Waals surface area contributed by atoms with E-state index in [4.69, 9.17) is 4.74 Å². The van der Waals surface area contributed by atoms with Crippen LogP contribution in [-0.2, 0) is 4.74 Å². The first-order valence-corrected chi connectivity index (χ1v) is 7.51. The molecule has 1 N–H and O–H groups in total. The van der Waals surface area contributed by atoms with Crippen molar-refractivity contribution in [1.29, 1.82) is 0 Å². The molecule has 1 aliphatic heterocycles. The van der Waals surface area contributed by atoms with Crippen molar-refractivity contribution in [1.82, 2.24) is 5.32 Å². The van der Waals surface area contributed by atoms with E-state index in [1.54, 1.807) is 0 Å². The van der Waals surface area contributed by atoms with Gasteiger partial charge in [-0.1, -0.05) is 26.7 Å². The molecule has 0 aromatic rings. The fourth-order valence-electron chi connectivity index (χ4n) is 3.63. The van der Waals surface area contributed by atoms with Crippen molar-refractivity contribution < 1.29 is 4.74 Å². The van der Waals surface area contributed by atoms with E-state index < -0.39 is 0 Å². The van der Waals surface area contributed by atoms with Crippen LogP contribution < -0.4 is 5.32 Å². The summed E-state index contributed by atoms with van der Waals surface area (Å²) in [6.45, 7) is 8.88. The fraction of sp³-hybridized carbons (Fsp3) is 1.00. The summed E-state index contributed by atoms with van der Waals surface area (Å²) in [5.74, 6) is 1.67. The van der Waals surface area contributed by atoms with Crippen molar-refractivity contribution in [3.63, 3.8) is 0 Å². The molecule has 1 heterocycles. The molecule has 0 aromatic carbocycles. The van der Waals surface area contributed by atoms with Gasteiger partial charge in [0.2, 0.25) is 0 Å². The van der Waals surface area contributed by atoms with Crippen LogP contribution in [0.15, 0.2) is 0 Å². The molecule has 17 heavy (non-hydrogen) atoms. The summed E-state index contributed by atoms with van der Waals surface area (Å²) >= 11 is 0. The molecule has 0 amide bonds. The van der Waals surface area contributed by atoms with Crippen LogP contribution in [0.1, 0.15) is 52.4 Å². The van der Waals surface area contributed by atoms with Crippen LogP contribution in [0.3, 0.4) is 0 Å². The molecule has 1 saturated carbocycles. The Morgan fingerprint density at radius 1 is 1.24 bits per heavy atom. The van der Waals surface area contributed by atoms with E-state index in [-0.39, 0.29) is 0 Å². The van der Waals surface area contributed by atoms with Crippen molar-refractivity contribution in [3.05, 3.63) is 0 Å². The summed E-state index contributed by atoms with van der Waals surface area (Å²) in [6, 6.07) is 0. The van der Waals surface area contributed by atoms with Gasteiger partial charge in [-0.15, -0.1) is 0 Å². The summed E-state index contributed by atoms with van der Waals surface area (Å²) in [7, 11) is 0. The molecule has 2 heteroatoms. The molecule has 0 radical (unpaired) electrons. The Kier molecular flexibility index (Phi) is 4.87. The zero-order valence-corrected chi connectivity index (χ0v) is 11.6. The van der Waals surface area contributed by atoms with E-state index in [2.05, 4.69) is 19.2 Å². The Labute approximate surface area is 107 Å². The maximum atomic E-state index is 5.82. The van der Waals surface area contributed by atoms with Gasteiger partial charge in [-0.05, 0) is 44.1 Å². The normalized spacial score (nSPS) is 31.2. The van der Waals surface area contributed by atoms with Crippen LogP contribution in [0, 0.1) is 17.3 Å². The van der Waals surface area contributed by atoms with E-state index in [0.717, 1.165) is 31.6 Å². The monoisotopic (exact) mass is 239 g/mol. The smallest absolute Gasteiger partial charge is 0.0537 e. The van der Waals surface area contributed by atoms with Gasteiger partial charge in [0.15, 0.2) is 0 Å². The number of rotatable bonds is 5. The zero-order valence-electron chi connectivity index (χ0n) is 11.6. The second-order valence-corrected chi connectivity index (χ2v) is 6.52. The van der Waals surface area contributed by atoms with Gasteiger partial charge < -0.3 is 10.1 Å². The topological polar surface area (TPSA) is 21.3 Å². The quantitative estimate of drug-likeness (QED) is 0.795. The zero-order chi connectivity index (χ0) is 12.1. The minimum Gasteiger partial charge on any atom is -0.381 e. The first-order chi connectivity index (χ1) is 8.23. The van der Waals surface area contributed by atoms with Crippen molar-refractivity contribution in [2.45, 2.75) is 52.4 Å². The van der Waals surface area contributed by atoms with Gasteiger partial charge in [-0.3, -0.25) is 0 Å². The standard InChI is InChI=1S/C15H29NO/c1-13(2)10-16-11-15(8-5-9-17-12-15)14-6-3-4-7-14/h13-14,16H,3-12H2,1-2H3. The average Bonchev–Trinajstić information content (AvgIpc) is 2.83. The van der Waals surface area contributed by atoms with Gasteiger partial charge >= 0.3 is 0 Å². The lowest BCUT2D eigenvalue weighted by atomic mass is 9.70. The molecule has 1 atom stereocenters. The second-order valence-electron chi connectivity index (χ2n) is 6.52. The molecule has 0 aromatic heterocycles.